The number of hydrogen-bond donors (Lipinski definition) is 2. The van der Waals surface area contributed by atoms with E-state index in [2.05, 4.69) is 28.8 Å². The molecule has 1 fully saturated rings. The summed E-state index contributed by atoms with van der Waals surface area (Å²) >= 11 is 1.67. The monoisotopic (exact) mass is 328 g/mol. The van der Waals surface area contributed by atoms with Crippen molar-refractivity contribution in [2.45, 2.75) is 24.9 Å². The lowest BCUT2D eigenvalue weighted by Crippen LogP contribution is -2.62. The molecule has 2 atom stereocenters. The molecule has 1 aliphatic rings. The summed E-state index contributed by atoms with van der Waals surface area (Å²) in [6, 6.07) is 13.2. The van der Waals surface area contributed by atoms with E-state index in [1.54, 1.807) is 11.8 Å². The van der Waals surface area contributed by atoms with Crippen molar-refractivity contribution in [2.75, 3.05) is 12.0 Å². The number of piperazine rings is 1. The Balaban J connectivity index is 1.75. The van der Waals surface area contributed by atoms with Gasteiger partial charge in [0.25, 0.3) is 0 Å². The third kappa shape index (κ3) is 3.50. The van der Waals surface area contributed by atoms with Crippen LogP contribution in [0.1, 0.15) is 12.0 Å². The third-order valence-corrected chi connectivity index (χ3v) is 4.82. The lowest BCUT2D eigenvalue weighted by atomic mass is 9.96. The Bertz CT molecular complexity index is 727. The molecule has 2 aromatic rings. The zero-order valence-electron chi connectivity index (χ0n) is 13.0. The minimum absolute atomic E-state index is 0.0797. The van der Waals surface area contributed by atoms with Crippen LogP contribution in [0.3, 0.4) is 0 Å². The van der Waals surface area contributed by atoms with Gasteiger partial charge in [-0.3, -0.25) is 9.59 Å². The minimum Gasteiger partial charge on any atom is -0.342 e. The highest BCUT2D eigenvalue weighted by atomic mass is 32.2. The van der Waals surface area contributed by atoms with Crippen LogP contribution in [0.4, 0.5) is 0 Å². The summed E-state index contributed by atoms with van der Waals surface area (Å²) in [6.07, 6.45) is 3.17. The molecule has 23 heavy (non-hydrogen) atoms. The normalized spacial score (nSPS) is 21.1. The van der Waals surface area contributed by atoms with Crippen LogP contribution in [0.15, 0.2) is 42.5 Å². The first-order valence-corrected chi connectivity index (χ1v) is 9.15. The predicted octanol–water partition coefficient (Wildman–Crippen LogP) is 2.12. The summed E-state index contributed by atoms with van der Waals surface area (Å²) in [7, 11) is 0. The van der Waals surface area contributed by atoms with Crippen LogP contribution >= 0.6 is 11.8 Å². The zero-order valence-corrected chi connectivity index (χ0v) is 13.9. The Morgan fingerprint density at radius 2 is 1.65 bits per heavy atom. The average Bonchev–Trinajstić information content (AvgIpc) is 2.57. The minimum atomic E-state index is -0.501. The summed E-state index contributed by atoms with van der Waals surface area (Å²) in [6.45, 7) is 0. The van der Waals surface area contributed by atoms with Gasteiger partial charge < -0.3 is 10.6 Å². The Morgan fingerprint density at radius 1 is 0.957 bits per heavy atom. The van der Waals surface area contributed by atoms with Gasteiger partial charge in [0, 0.05) is 6.42 Å². The van der Waals surface area contributed by atoms with Crippen molar-refractivity contribution in [2.24, 2.45) is 0 Å². The molecule has 2 N–H and O–H groups in total. The van der Waals surface area contributed by atoms with E-state index in [9.17, 15) is 9.59 Å². The molecule has 0 unspecified atom stereocenters. The average molecular weight is 328 g/mol. The highest BCUT2D eigenvalue weighted by molar-refractivity contribution is 7.98. The number of thioether (sulfide) groups is 1. The quantitative estimate of drug-likeness (QED) is 0.884. The second-order valence-electron chi connectivity index (χ2n) is 5.75. The second kappa shape index (κ2) is 7.04. The molecule has 0 bridgehead atoms. The Hall–Kier alpha value is -2.01. The number of amides is 2. The van der Waals surface area contributed by atoms with E-state index in [1.807, 2.05) is 30.5 Å². The van der Waals surface area contributed by atoms with Gasteiger partial charge in [-0.1, -0.05) is 42.5 Å². The molecule has 0 aromatic heterocycles. The fraction of sp³-hybridized carbons (Fsp3) is 0.333. The van der Waals surface area contributed by atoms with Crippen LogP contribution in [-0.4, -0.2) is 35.9 Å². The van der Waals surface area contributed by atoms with Crippen LogP contribution in [0, 0.1) is 0 Å². The van der Waals surface area contributed by atoms with Crippen LogP contribution in [0.25, 0.3) is 10.8 Å². The summed E-state index contributed by atoms with van der Waals surface area (Å²) in [5.41, 5.74) is 1.08. The summed E-state index contributed by atoms with van der Waals surface area (Å²) in [4.78, 5) is 24.5. The van der Waals surface area contributed by atoms with Gasteiger partial charge in [-0.15, -0.1) is 0 Å². The third-order valence-electron chi connectivity index (χ3n) is 4.18. The Kier molecular flexibility index (Phi) is 4.86. The molecule has 0 saturated carbocycles. The summed E-state index contributed by atoms with van der Waals surface area (Å²) in [5.74, 6) is 0.680. The fourth-order valence-corrected chi connectivity index (χ4v) is 3.42. The van der Waals surface area contributed by atoms with Gasteiger partial charge in [0.2, 0.25) is 11.8 Å². The lowest BCUT2D eigenvalue weighted by Gasteiger charge is -2.29. The van der Waals surface area contributed by atoms with Crippen molar-refractivity contribution in [3.63, 3.8) is 0 Å². The van der Waals surface area contributed by atoms with Crippen molar-refractivity contribution < 1.29 is 9.59 Å². The predicted molar refractivity (Wildman–Crippen MR) is 94.5 cm³/mol. The van der Waals surface area contributed by atoms with E-state index in [0.29, 0.717) is 12.8 Å². The van der Waals surface area contributed by atoms with Gasteiger partial charge >= 0.3 is 0 Å². The molecule has 1 aliphatic heterocycles. The number of nitrogens with one attached hydrogen (secondary N) is 2. The van der Waals surface area contributed by atoms with Crippen molar-refractivity contribution >= 4 is 34.3 Å². The van der Waals surface area contributed by atoms with E-state index < -0.39 is 12.1 Å². The molecule has 2 amide bonds. The lowest BCUT2D eigenvalue weighted by molar-refractivity contribution is -0.136. The number of fused-ring (bicyclic) bond motifs is 1. The van der Waals surface area contributed by atoms with Crippen LogP contribution in [0.2, 0.25) is 0 Å². The molecule has 0 radical (unpaired) electrons. The largest absolute Gasteiger partial charge is 0.342 e. The van der Waals surface area contributed by atoms with E-state index in [-0.39, 0.29) is 11.8 Å². The first kappa shape index (κ1) is 15.9. The number of rotatable bonds is 5. The zero-order chi connectivity index (χ0) is 16.2. The van der Waals surface area contributed by atoms with E-state index in [4.69, 9.17) is 0 Å². The topological polar surface area (TPSA) is 58.2 Å². The van der Waals surface area contributed by atoms with Gasteiger partial charge in [0.15, 0.2) is 0 Å². The molecular weight excluding hydrogens is 308 g/mol. The number of benzene rings is 2. The maximum atomic E-state index is 12.3. The van der Waals surface area contributed by atoms with Gasteiger partial charge in [-0.05, 0) is 34.8 Å². The Morgan fingerprint density at radius 3 is 2.48 bits per heavy atom. The molecule has 4 nitrogen and oxygen atoms in total. The molecule has 5 heteroatoms. The van der Waals surface area contributed by atoms with E-state index >= 15 is 0 Å². The van der Waals surface area contributed by atoms with Crippen molar-refractivity contribution in [3.8, 4) is 0 Å². The van der Waals surface area contributed by atoms with Crippen LogP contribution in [-0.2, 0) is 16.0 Å². The van der Waals surface area contributed by atoms with Gasteiger partial charge in [-0.25, -0.2) is 0 Å². The summed E-state index contributed by atoms with van der Waals surface area (Å²) in [5, 5.41) is 8.00. The molecule has 3 rings (SSSR count). The standard InChI is InChI=1S/C18H20N2O2S/c1-23-10-9-15-17(21)20-16(18(22)19-15)11-13-7-4-6-12-5-2-3-8-14(12)13/h2-8,15-16H,9-11H2,1H3,(H,19,22)(H,20,21)/t15-,16-/m1/s1. The first-order valence-electron chi connectivity index (χ1n) is 7.75. The molecule has 120 valence electrons. The van der Waals surface area contributed by atoms with Crippen LogP contribution in [0.5, 0.6) is 0 Å². The maximum absolute atomic E-state index is 12.3. The van der Waals surface area contributed by atoms with E-state index in [1.165, 1.54) is 0 Å². The molecular formula is C18H20N2O2S. The van der Waals surface area contributed by atoms with E-state index in [0.717, 1.165) is 22.1 Å². The molecule has 2 aromatic carbocycles. The van der Waals surface area contributed by atoms with Gasteiger partial charge in [0.05, 0.1) is 0 Å². The maximum Gasteiger partial charge on any atom is 0.243 e. The van der Waals surface area contributed by atoms with Gasteiger partial charge in [0.1, 0.15) is 12.1 Å². The second-order valence-corrected chi connectivity index (χ2v) is 6.73. The highest BCUT2D eigenvalue weighted by Crippen LogP contribution is 2.20. The highest BCUT2D eigenvalue weighted by Gasteiger charge is 2.33. The first-order chi connectivity index (χ1) is 11.2. The Labute approximate surface area is 140 Å². The smallest absolute Gasteiger partial charge is 0.243 e. The fourth-order valence-electron chi connectivity index (χ4n) is 2.95. The number of carbonyl (C=O) groups is 2. The van der Waals surface area contributed by atoms with Crippen molar-refractivity contribution in [3.05, 3.63) is 48.0 Å². The molecule has 0 aliphatic carbocycles. The van der Waals surface area contributed by atoms with Crippen molar-refractivity contribution in [1.82, 2.24) is 10.6 Å². The molecule has 0 spiro atoms. The number of hydrogen-bond acceptors (Lipinski definition) is 3. The van der Waals surface area contributed by atoms with Crippen LogP contribution < -0.4 is 10.6 Å². The van der Waals surface area contributed by atoms with Gasteiger partial charge in [-0.2, -0.15) is 11.8 Å². The van der Waals surface area contributed by atoms with Crippen molar-refractivity contribution in [1.29, 1.82) is 0 Å². The molecule has 1 heterocycles. The number of carbonyl (C=O) groups excluding carboxylic acids is 2. The SMILES string of the molecule is CSCC[C@H]1NC(=O)[C@@H](Cc2cccc3ccccc23)NC1=O. The summed E-state index contributed by atoms with van der Waals surface area (Å²) < 4.78 is 0. The molecule has 1 saturated heterocycles.